The second-order valence-electron chi connectivity index (χ2n) is 3.07. The first kappa shape index (κ1) is 14.6. The summed E-state index contributed by atoms with van der Waals surface area (Å²) in [6, 6.07) is 0. The SMILES string of the molecule is CCCCCCCOC(=O)OCC#CI. The highest BCUT2D eigenvalue weighted by molar-refractivity contribution is 14.1. The molecule has 4 heteroatoms. The molecule has 0 radical (unpaired) electrons. The van der Waals surface area contributed by atoms with E-state index in [1.165, 1.54) is 19.3 Å². The van der Waals surface area contributed by atoms with Gasteiger partial charge in [0.1, 0.15) is 0 Å². The molecule has 0 aliphatic carbocycles. The van der Waals surface area contributed by atoms with Crippen LogP contribution in [0.3, 0.4) is 0 Å². The molecule has 0 spiro atoms. The minimum atomic E-state index is -0.621. The molecule has 0 bridgehead atoms. The highest BCUT2D eigenvalue weighted by atomic mass is 127. The number of carbonyl (C=O) groups is 1. The summed E-state index contributed by atoms with van der Waals surface area (Å²) >= 11 is 1.89. The van der Waals surface area contributed by atoms with Gasteiger partial charge in [-0.15, -0.1) is 0 Å². The lowest BCUT2D eigenvalue weighted by molar-refractivity contribution is 0.0632. The fraction of sp³-hybridized carbons (Fsp3) is 0.727. The van der Waals surface area contributed by atoms with Crippen molar-refractivity contribution in [1.29, 1.82) is 0 Å². The molecule has 0 saturated carbocycles. The lowest BCUT2D eigenvalue weighted by Gasteiger charge is -2.03. The van der Waals surface area contributed by atoms with Gasteiger partial charge in [0.15, 0.2) is 6.61 Å². The number of hydrogen-bond acceptors (Lipinski definition) is 3. The number of ether oxygens (including phenoxy) is 2. The predicted molar refractivity (Wildman–Crippen MR) is 67.9 cm³/mol. The van der Waals surface area contributed by atoms with E-state index in [2.05, 4.69) is 21.5 Å². The molecule has 0 saturated heterocycles. The molecule has 0 heterocycles. The van der Waals surface area contributed by atoms with E-state index in [-0.39, 0.29) is 6.61 Å². The molecular formula is C11H17IO3. The Kier molecular flexibility index (Phi) is 11.3. The van der Waals surface area contributed by atoms with Crippen LogP contribution in [0.5, 0.6) is 0 Å². The molecule has 0 aliphatic rings. The summed E-state index contributed by atoms with van der Waals surface area (Å²) in [6.07, 6.45) is 5.06. The van der Waals surface area contributed by atoms with Gasteiger partial charge in [-0.25, -0.2) is 4.79 Å². The average molecular weight is 324 g/mol. The summed E-state index contributed by atoms with van der Waals surface area (Å²) in [7, 11) is 0. The van der Waals surface area contributed by atoms with Gasteiger partial charge in [-0.2, -0.15) is 0 Å². The normalized spacial score (nSPS) is 8.93. The van der Waals surface area contributed by atoms with Crippen molar-refractivity contribution in [1.82, 2.24) is 0 Å². The molecule has 15 heavy (non-hydrogen) atoms. The van der Waals surface area contributed by atoms with Crippen LogP contribution in [0, 0.1) is 9.85 Å². The fourth-order valence-corrected chi connectivity index (χ4v) is 1.18. The van der Waals surface area contributed by atoms with Crippen LogP contribution in [-0.2, 0) is 9.47 Å². The second kappa shape index (κ2) is 11.6. The largest absolute Gasteiger partial charge is 0.509 e. The van der Waals surface area contributed by atoms with E-state index in [1.807, 2.05) is 22.6 Å². The Morgan fingerprint density at radius 1 is 1.20 bits per heavy atom. The molecule has 0 unspecified atom stereocenters. The van der Waals surface area contributed by atoms with Gasteiger partial charge < -0.3 is 9.47 Å². The summed E-state index contributed by atoms with van der Waals surface area (Å²) in [5, 5.41) is 0. The van der Waals surface area contributed by atoms with E-state index in [0.29, 0.717) is 6.61 Å². The van der Waals surface area contributed by atoms with Gasteiger partial charge in [0.2, 0.25) is 0 Å². The first-order chi connectivity index (χ1) is 7.31. The van der Waals surface area contributed by atoms with Crippen LogP contribution >= 0.6 is 22.6 Å². The third-order valence-corrected chi connectivity index (χ3v) is 2.18. The minimum Gasteiger partial charge on any atom is -0.434 e. The fourth-order valence-electron chi connectivity index (χ4n) is 1.03. The van der Waals surface area contributed by atoms with E-state index >= 15 is 0 Å². The number of halogens is 1. The summed E-state index contributed by atoms with van der Waals surface area (Å²) in [4.78, 5) is 10.9. The average Bonchev–Trinajstić information content (AvgIpc) is 2.23. The standard InChI is InChI=1S/C11H17IO3/c1-2-3-4-5-6-9-14-11(13)15-10-7-8-12/h2-6,9-10H2,1H3. The molecule has 0 rings (SSSR count). The van der Waals surface area contributed by atoms with Crippen LogP contribution in [-0.4, -0.2) is 19.4 Å². The van der Waals surface area contributed by atoms with E-state index in [1.54, 1.807) is 0 Å². The third-order valence-electron chi connectivity index (χ3n) is 1.80. The predicted octanol–water partition coefficient (Wildman–Crippen LogP) is 3.51. The number of carbonyl (C=O) groups excluding carboxylic acids is 1. The monoisotopic (exact) mass is 324 g/mol. The first-order valence-corrected chi connectivity index (χ1v) is 6.27. The number of unbranched alkanes of at least 4 members (excludes halogenated alkanes) is 4. The molecule has 86 valence electrons. The molecule has 0 atom stereocenters. The Hall–Kier alpha value is -0.440. The van der Waals surface area contributed by atoms with Crippen molar-refractivity contribution in [2.75, 3.05) is 13.2 Å². The topological polar surface area (TPSA) is 35.5 Å². The number of rotatable bonds is 7. The molecule has 0 aromatic rings. The Labute approximate surface area is 105 Å². The second-order valence-corrected chi connectivity index (χ2v) is 3.61. The summed E-state index contributed by atoms with van der Waals surface area (Å²) in [6.45, 7) is 2.72. The number of hydrogen-bond donors (Lipinski definition) is 0. The zero-order valence-corrected chi connectivity index (χ0v) is 11.2. The Morgan fingerprint density at radius 3 is 2.60 bits per heavy atom. The highest BCUT2D eigenvalue weighted by Crippen LogP contribution is 2.02. The molecule has 0 aliphatic heterocycles. The van der Waals surface area contributed by atoms with Crippen LogP contribution < -0.4 is 0 Å². The highest BCUT2D eigenvalue weighted by Gasteiger charge is 2.01. The Morgan fingerprint density at radius 2 is 1.93 bits per heavy atom. The first-order valence-electron chi connectivity index (χ1n) is 5.19. The molecule has 0 aromatic carbocycles. The van der Waals surface area contributed by atoms with E-state index in [0.717, 1.165) is 12.8 Å². The van der Waals surface area contributed by atoms with Crippen LogP contribution in [0.4, 0.5) is 4.79 Å². The maximum atomic E-state index is 10.9. The smallest absolute Gasteiger partial charge is 0.434 e. The Balaban J connectivity index is 3.19. The van der Waals surface area contributed by atoms with Gasteiger partial charge in [0.05, 0.1) is 6.61 Å². The van der Waals surface area contributed by atoms with Crippen LogP contribution in [0.1, 0.15) is 39.0 Å². The van der Waals surface area contributed by atoms with E-state index in [9.17, 15) is 4.79 Å². The lowest BCUT2D eigenvalue weighted by Crippen LogP contribution is -2.08. The third kappa shape index (κ3) is 11.5. The molecule has 0 N–H and O–H groups in total. The van der Waals surface area contributed by atoms with Crippen molar-refractivity contribution >= 4 is 28.7 Å². The van der Waals surface area contributed by atoms with E-state index < -0.39 is 6.16 Å². The summed E-state index contributed by atoms with van der Waals surface area (Å²) < 4.78 is 12.1. The van der Waals surface area contributed by atoms with Crippen molar-refractivity contribution in [3.63, 3.8) is 0 Å². The van der Waals surface area contributed by atoms with Gasteiger partial charge in [0.25, 0.3) is 0 Å². The van der Waals surface area contributed by atoms with Crippen molar-refractivity contribution < 1.29 is 14.3 Å². The van der Waals surface area contributed by atoms with Crippen molar-refractivity contribution in [2.45, 2.75) is 39.0 Å². The van der Waals surface area contributed by atoms with Crippen molar-refractivity contribution in [2.24, 2.45) is 0 Å². The molecular weight excluding hydrogens is 307 g/mol. The molecule has 0 fully saturated rings. The maximum Gasteiger partial charge on any atom is 0.509 e. The molecule has 3 nitrogen and oxygen atoms in total. The van der Waals surface area contributed by atoms with Gasteiger partial charge >= 0.3 is 6.16 Å². The molecule has 0 aromatic heterocycles. The lowest BCUT2D eigenvalue weighted by atomic mass is 10.2. The van der Waals surface area contributed by atoms with Crippen LogP contribution in [0.25, 0.3) is 0 Å². The Bertz CT molecular complexity index is 218. The van der Waals surface area contributed by atoms with Crippen molar-refractivity contribution in [3.05, 3.63) is 0 Å². The van der Waals surface area contributed by atoms with Crippen LogP contribution in [0.2, 0.25) is 0 Å². The summed E-state index contributed by atoms with van der Waals surface area (Å²) in [5.41, 5.74) is 0. The maximum absolute atomic E-state index is 10.9. The van der Waals surface area contributed by atoms with Crippen LogP contribution in [0.15, 0.2) is 0 Å². The van der Waals surface area contributed by atoms with Crippen molar-refractivity contribution in [3.8, 4) is 9.85 Å². The molecule has 0 amide bonds. The van der Waals surface area contributed by atoms with Gasteiger partial charge in [-0.3, -0.25) is 0 Å². The summed E-state index contributed by atoms with van der Waals surface area (Å²) in [5.74, 6) is 2.61. The van der Waals surface area contributed by atoms with Gasteiger partial charge in [-0.05, 0) is 10.3 Å². The zero-order valence-electron chi connectivity index (χ0n) is 9.05. The zero-order chi connectivity index (χ0) is 11.4. The minimum absolute atomic E-state index is 0.109. The van der Waals surface area contributed by atoms with Gasteiger partial charge in [-0.1, -0.05) is 38.5 Å². The quantitative estimate of drug-likeness (QED) is 0.311. The van der Waals surface area contributed by atoms with E-state index in [4.69, 9.17) is 4.74 Å². The van der Waals surface area contributed by atoms with Gasteiger partial charge in [0, 0.05) is 22.6 Å².